The van der Waals surface area contributed by atoms with Crippen molar-refractivity contribution in [3.05, 3.63) is 176 Å². The van der Waals surface area contributed by atoms with E-state index in [0.717, 1.165) is 11.4 Å². The molecule has 13 aromatic rings. The van der Waals surface area contributed by atoms with E-state index in [1.165, 1.54) is 102 Å². The largest absolute Gasteiger partial charge is 0.307 e. The van der Waals surface area contributed by atoms with Crippen molar-refractivity contribution in [2.24, 2.45) is 0 Å². The van der Waals surface area contributed by atoms with Crippen LogP contribution in [0, 0.1) is 0 Å². The van der Waals surface area contributed by atoms with Gasteiger partial charge < -0.3 is 13.7 Å². The molecule has 0 amide bonds. The third kappa shape index (κ3) is 3.60. The number of benzene rings is 9. The van der Waals surface area contributed by atoms with Crippen molar-refractivity contribution in [3.63, 3.8) is 0 Å². The lowest BCUT2D eigenvalue weighted by Crippen LogP contribution is -2.00. The maximum Gasteiger partial charge on any atom is 0.0795 e. The highest BCUT2D eigenvalue weighted by molar-refractivity contribution is 7.25. The molecule has 13 rings (SSSR count). The first kappa shape index (κ1) is 28.7. The summed E-state index contributed by atoms with van der Waals surface area (Å²) in [5.74, 6) is 0. The van der Waals surface area contributed by atoms with Crippen LogP contribution < -0.4 is 0 Å². The number of hydrogen-bond acceptors (Lipinski definition) is 1. The molecule has 0 saturated carbocycles. The van der Waals surface area contributed by atoms with Crippen molar-refractivity contribution in [2.75, 3.05) is 0 Å². The molecule has 0 aliphatic rings. The van der Waals surface area contributed by atoms with Crippen LogP contribution in [0.4, 0.5) is 0 Å². The summed E-state index contributed by atoms with van der Waals surface area (Å²) in [5, 5.41) is 12.8. The number of hydrogen-bond donors (Lipinski definition) is 0. The van der Waals surface area contributed by atoms with E-state index in [2.05, 4.69) is 190 Å². The number of thiophene rings is 1. The molecular weight excluding hydrogens is 675 g/mol. The Bertz CT molecular complexity index is 3470. The molecular formula is C50H29N3S. The Morgan fingerprint density at radius 2 is 0.778 bits per heavy atom. The molecule has 9 aromatic carbocycles. The normalized spacial score (nSPS) is 12.4. The average molecular weight is 704 g/mol. The Labute approximate surface area is 313 Å². The van der Waals surface area contributed by atoms with Gasteiger partial charge in [-0.05, 0) is 77.5 Å². The quantitative estimate of drug-likeness (QED) is 0.163. The Hall–Kier alpha value is -6.88. The number of rotatable bonds is 3. The first-order chi connectivity index (χ1) is 26.8. The first-order valence-electron chi connectivity index (χ1n) is 18.5. The van der Waals surface area contributed by atoms with E-state index in [0.29, 0.717) is 0 Å². The predicted octanol–water partition coefficient (Wildman–Crippen LogP) is 13.9. The third-order valence-corrected chi connectivity index (χ3v) is 12.8. The minimum atomic E-state index is 1.16. The van der Waals surface area contributed by atoms with Crippen LogP contribution in [0.2, 0.25) is 0 Å². The lowest BCUT2D eigenvalue weighted by molar-refractivity contribution is 1.14. The summed E-state index contributed by atoms with van der Waals surface area (Å²) in [6.07, 6.45) is 0. The topological polar surface area (TPSA) is 14.8 Å². The fraction of sp³-hybridized carbons (Fsp3) is 0. The molecule has 0 aliphatic heterocycles. The van der Waals surface area contributed by atoms with Crippen molar-refractivity contribution in [2.45, 2.75) is 0 Å². The number of nitrogens with zero attached hydrogens (tertiary/aromatic N) is 3. The molecule has 4 heterocycles. The van der Waals surface area contributed by atoms with Gasteiger partial charge in [0.05, 0.1) is 33.1 Å². The highest BCUT2D eigenvalue weighted by Crippen LogP contribution is 2.50. The van der Waals surface area contributed by atoms with E-state index in [4.69, 9.17) is 0 Å². The van der Waals surface area contributed by atoms with Crippen LogP contribution in [-0.4, -0.2) is 13.7 Å². The van der Waals surface area contributed by atoms with Gasteiger partial charge in [-0.3, -0.25) is 0 Å². The summed E-state index contributed by atoms with van der Waals surface area (Å²) in [7, 11) is 0. The molecule has 0 saturated heterocycles. The van der Waals surface area contributed by atoms with Crippen molar-refractivity contribution < 1.29 is 0 Å². The van der Waals surface area contributed by atoms with Crippen LogP contribution in [0.1, 0.15) is 0 Å². The summed E-state index contributed by atoms with van der Waals surface area (Å²) >= 11 is 1.88. The molecule has 0 unspecified atom stereocenters. The summed E-state index contributed by atoms with van der Waals surface area (Å²) in [6, 6.07) is 65.1. The summed E-state index contributed by atoms with van der Waals surface area (Å²) in [5.41, 5.74) is 10.8. The monoisotopic (exact) mass is 703 g/mol. The van der Waals surface area contributed by atoms with Gasteiger partial charge in [0.25, 0.3) is 0 Å². The van der Waals surface area contributed by atoms with Crippen LogP contribution in [0.15, 0.2) is 176 Å². The Kier molecular flexibility index (Phi) is 5.51. The van der Waals surface area contributed by atoms with Crippen molar-refractivity contribution in [1.82, 2.24) is 13.7 Å². The van der Waals surface area contributed by atoms with Crippen LogP contribution >= 0.6 is 11.3 Å². The van der Waals surface area contributed by atoms with Gasteiger partial charge in [0.15, 0.2) is 0 Å². The van der Waals surface area contributed by atoms with E-state index in [1.807, 2.05) is 11.3 Å². The molecule has 250 valence electrons. The molecule has 54 heavy (non-hydrogen) atoms. The summed E-state index contributed by atoms with van der Waals surface area (Å²) < 4.78 is 10.2. The van der Waals surface area contributed by atoms with E-state index in [-0.39, 0.29) is 0 Å². The van der Waals surface area contributed by atoms with E-state index in [1.54, 1.807) is 0 Å². The van der Waals surface area contributed by atoms with E-state index < -0.39 is 0 Å². The minimum Gasteiger partial charge on any atom is -0.307 e. The summed E-state index contributed by atoms with van der Waals surface area (Å²) in [6.45, 7) is 0. The molecule has 0 bridgehead atoms. The van der Waals surface area contributed by atoms with Crippen molar-refractivity contribution in [3.8, 4) is 17.1 Å². The van der Waals surface area contributed by atoms with Gasteiger partial charge in [0, 0.05) is 69.6 Å². The standard InChI is InChI=1S/C50H29N3S/c1-3-13-32(14-4-1)51-41-20-10-7-17-35(41)39-27-30-23-24-31-28-40-36-18-8-11-21-42(36)52(33-15-5-2-6-16-33)48(40)50-46(31)45(30)49(47(39)51)53(50)34-25-26-38-37-19-9-12-22-43(37)54-44(38)29-34/h1-29H. The highest BCUT2D eigenvalue weighted by Gasteiger charge is 2.28. The fourth-order valence-electron chi connectivity index (χ4n) is 9.57. The molecule has 3 nitrogen and oxygen atoms in total. The second-order valence-corrected chi connectivity index (χ2v) is 15.6. The first-order valence-corrected chi connectivity index (χ1v) is 19.3. The van der Waals surface area contributed by atoms with Crippen LogP contribution in [-0.2, 0) is 0 Å². The molecule has 0 aliphatic carbocycles. The van der Waals surface area contributed by atoms with E-state index >= 15 is 0 Å². The summed E-state index contributed by atoms with van der Waals surface area (Å²) in [4.78, 5) is 0. The van der Waals surface area contributed by atoms with E-state index in [9.17, 15) is 0 Å². The van der Waals surface area contributed by atoms with Crippen molar-refractivity contribution in [1.29, 1.82) is 0 Å². The van der Waals surface area contributed by atoms with Crippen LogP contribution in [0.3, 0.4) is 0 Å². The molecule has 0 spiro atoms. The zero-order valence-electron chi connectivity index (χ0n) is 29.0. The van der Waals surface area contributed by atoms with Gasteiger partial charge >= 0.3 is 0 Å². The molecule has 0 fully saturated rings. The molecule has 4 heteroatoms. The van der Waals surface area contributed by atoms with Crippen LogP contribution in [0.5, 0.6) is 0 Å². The molecule has 0 N–H and O–H groups in total. The number of fused-ring (bicyclic) bond motifs is 11. The maximum absolute atomic E-state index is 2.62. The Morgan fingerprint density at radius 1 is 0.296 bits per heavy atom. The van der Waals surface area contributed by atoms with Gasteiger partial charge in [-0.1, -0.05) is 109 Å². The van der Waals surface area contributed by atoms with Gasteiger partial charge in [0.1, 0.15) is 0 Å². The zero-order chi connectivity index (χ0) is 35.1. The Morgan fingerprint density at radius 3 is 1.35 bits per heavy atom. The van der Waals surface area contributed by atoms with Gasteiger partial charge in [-0.25, -0.2) is 0 Å². The third-order valence-electron chi connectivity index (χ3n) is 11.7. The second kappa shape index (κ2) is 10.4. The molecule has 4 aromatic heterocycles. The van der Waals surface area contributed by atoms with Crippen molar-refractivity contribution >= 4 is 108 Å². The highest BCUT2D eigenvalue weighted by atomic mass is 32.1. The molecule has 0 atom stereocenters. The van der Waals surface area contributed by atoms with Crippen LogP contribution in [0.25, 0.3) is 113 Å². The second-order valence-electron chi connectivity index (χ2n) is 14.5. The maximum atomic E-state index is 2.62. The smallest absolute Gasteiger partial charge is 0.0795 e. The fourth-order valence-corrected chi connectivity index (χ4v) is 10.7. The molecule has 0 radical (unpaired) electrons. The zero-order valence-corrected chi connectivity index (χ0v) is 29.8. The SMILES string of the molecule is c1ccc(-n2c3ccccc3c3cc4ccc5cc6c7ccccc7n(-c7ccccc7)c6c6c5c4c(c32)n6-c2ccc3c(c2)sc2ccccc23)cc1. The van der Waals surface area contributed by atoms with Gasteiger partial charge in [-0.2, -0.15) is 0 Å². The predicted molar refractivity (Wildman–Crippen MR) is 231 cm³/mol. The van der Waals surface area contributed by atoms with Gasteiger partial charge in [-0.15, -0.1) is 11.3 Å². The van der Waals surface area contributed by atoms with Gasteiger partial charge in [0.2, 0.25) is 0 Å². The number of para-hydroxylation sites is 4. The lowest BCUT2D eigenvalue weighted by Gasteiger charge is -2.14. The number of aromatic nitrogens is 3. The Balaban J connectivity index is 1.35. The minimum absolute atomic E-state index is 1.16. The average Bonchev–Trinajstić information content (AvgIpc) is 3.97. The lowest BCUT2D eigenvalue weighted by atomic mass is 9.98.